The Balaban J connectivity index is 2.65. The minimum atomic E-state index is -0.168. The normalized spacial score (nSPS) is 32.3. The first-order valence-corrected chi connectivity index (χ1v) is 4.49. The topological polar surface area (TPSA) is 20.2 Å². The molecule has 11 heavy (non-hydrogen) atoms. The van der Waals surface area contributed by atoms with Crippen LogP contribution in [0.4, 0.5) is 0 Å². The van der Waals surface area contributed by atoms with Crippen LogP contribution < -0.4 is 0 Å². The van der Waals surface area contributed by atoms with Crippen LogP contribution in [0.3, 0.4) is 0 Å². The summed E-state index contributed by atoms with van der Waals surface area (Å²) in [4.78, 5) is 0. The van der Waals surface area contributed by atoms with Crippen molar-refractivity contribution in [2.75, 3.05) is 0 Å². The Kier molecular flexibility index (Phi) is 2.72. The van der Waals surface area contributed by atoms with E-state index in [1.165, 1.54) is 5.57 Å². The molecule has 2 unspecified atom stereocenters. The van der Waals surface area contributed by atoms with Gasteiger partial charge in [0.1, 0.15) is 0 Å². The van der Waals surface area contributed by atoms with Crippen molar-refractivity contribution in [3.63, 3.8) is 0 Å². The molecule has 0 saturated carbocycles. The van der Waals surface area contributed by atoms with Gasteiger partial charge in [-0.15, -0.1) is 0 Å². The van der Waals surface area contributed by atoms with Crippen LogP contribution in [0.5, 0.6) is 0 Å². The number of allylic oxidation sites excluding steroid dienone is 1. The van der Waals surface area contributed by atoms with Crippen LogP contribution in [0.15, 0.2) is 11.6 Å². The van der Waals surface area contributed by atoms with Crippen LogP contribution in [0, 0.1) is 11.8 Å². The molecule has 0 amide bonds. The molecule has 0 saturated heterocycles. The molecule has 64 valence electrons. The predicted octanol–water partition coefficient (Wildman–Crippen LogP) is 2.36. The second-order valence-electron chi connectivity index (χ2n) is 3.95. The highest BCUT2D eigenvalue weighted by Gasteiger charge is 2.20. The van der Waals surface area contributed by atoms with Crippen molar-refractivity contribution in [1.82, 2.24) is 0 Å². The summed E-state index contributed by atoms with van der Waals surface area (Å²) in [6, 6.07) is 0. The maximum Gasteiger partial charge on any atom is 0.0755 e. The first kappa shape index (κ1) is 8.79. The van der Waals surface area contributed by atoms with E-state index < -0.39 is 0 Å². The van der Waals surface area contributed by atoms with Gasteiger partial charge in [-0.1, -0.05) is 26.8 Å². The molecular weight excluding hydrogens is 136 g/mol. The Hall–Kier alpha value is -0.300. The Labute approximate surface area is 69.1 Å². The lowest BCUT2D eigenvalue weighted by molar-refractivity contribution is 0.160. The average molecular weight is 154 g/mol. The zero-order chi connectivity index (χ0) is 8.43. The number of aliphatic hydroxyl groups excluding tert-OH is 1. The van der Waals surface area contributed by atoms with Crippen molar-refractivity contribution in [3.8, 4) is 0 Å². The Morgan fingerprint density at radius 2 is 2.18 bits per heavy atom. The molecule has 0 fully saturated rings. The van der Waals surface area contributed by atoms with Gasteiger partial charge >= 0.3 is 0 Å². The highest BCUT2D eigenvalue weighted by atomic mass is 16.3. The summed E-state index contributed by atoms with van der Waals surface area (Å²) in [7, 11) is 0. The van der Waals surface area contributed by atoms with Gasteiger partial charge in [0.15, 0.2) is 0 Å². The van der Waals surface area contributed by atoms with E-state index in [0.717, 1.165) is 12.8 Å². The van der Waals surface area contributed by atoms with E-state index in [0.29, 0.717) is 11.8 Å². The highest BCUT2D eigenvalue weighted by Crippen LogP contribution is 2.27. The van der Waals surface area contributed by atoms with Crippen LogP contribution in [-0.2, 0) is 0 Å². The molecule has 2 atom stereocenters. The van der Waals surface area contributed by atoms with Gasteiger partial charge in [-0.3, -0.25) is 0 Å². The van der Waals surface area contributed by atoms with E-state index in [9.17, 15) is 5.11 Å². The monoisotopic (exact) mass is 154 g/mol. The van der Waals surface area contributed by atoms with Crippen molar-refractivity contribution in [2.45, 2.75) is 39.7 Å². The molecule has 0 aliphatic heterocycles. The van der Waals surface area contributed by atoms with Gasteiger partial charge in [0.25, 0.3) is 0 Å². The fourth-order valence-electron chi connectivity index (χ4n) is 1.71. The number of hydrogen-bond donors (Lipinski definition) is 1. The van der Waals surface area contributed by atoms with Crippen LogP contribution in [0.1, 0.15) is 33.6 Å². The minimum absolute atomic E-state index is 0.168. The lowest BCUT2D eigenvalue weighted by Crippen LogP contribution is -2.21. The van der Waals surface area contributed by atoms with Gasteiger partial charge in [0, 0.05) is 0 Å². The summed E-state index contributed by atoms with van der Waals surface area (Å²) in [5.74, 6) is 1.17. The first-order chi connectivity index (χ1) is 5.11. The minimum Gasteiger partial charge on any atom is -0.389 e. The Morgan fingerprint density at radius 1 is 1.55 bits per heavy atom. The molecule has 0 aromatic rings. The largest absolute Gasteiger partial charge is 0.389 e. The summed E-state index contributed by atoms with van der Waals surface area (Å²) in [6.45, 7) is 6.48. The maximum absolute atomic E-state index is 9.64. The molecule has 0 aromatic carbocycles. The molecule has 1 N–H and O–H groups in total. The van der Waals surface area contributed by atoms with Crippen LogP contribution in [0.25, 0.3) is 0 Å². The fourth-order valence-corrected chi connectivity index (χ4v) is 1.71. The van der Waals surface area contributed by atoms with Gasteiger partial charge in [-0.05, 0) is 30.3 Å². The van der Waals surface area contributed by atoms with Crippen molar-refractivity contribution < 1.29 is 5.11 Å². The molecule has 1 aliphatic rings. The number of rotatable bonds is 1. The molecule has 0 aromatic heterocycles. The van der Waals surface area contributed by atoms with Gasteiger partial charge in [0.05, 0.1) is 6.10 Å². The smallest absolute Gasteiger partial charge is 0.0755 e. The standard InChI is InChI=1S/C10H18O/c1-7(2)9-5-4-8(3)6-10(9)11/h5,7-8,10-11H,4,6H2,1-3H3. The average Bonchev–Trinajstić information content (AvgIpc) is 1.85. The van der Waals surface area contributed by atoms with Crippen molar-refractivity contribution in [1.29, 1.82) is 0 Å². The molecule has 1 rings (SSSR count). The Bertz CT molecular complexity index is 158. The molecule has 0 radical (unpaired) electrons. The quantitative estimate of drug-likeness (QED) is 0.575. The van der Waals surface area contributed by atoms with E-state index in [2.05, 4.69) is 26.8 Å². The van der Waals surface area contributed by atoms with E-state index >= 15 is 0 Å². The summed E-state index contributed by atoms with van der Waals surface area (Å²) < 4.78 is 0. The molecule has 1 aliphatic carbocycles. The third kappa shape index (κ3) is 2.06. The zero-order valence-corrected chi connectivity index (χ0v) is 7.67. The first-order valence-electron chi connectivity index (χ1n) is 4.49. The lowest BCUT2D eigenvalue weighted by atomic mass is 9.84. The van der Waals surface area contributed by atoms with Crippen LogP contribution in [-0.4, -0.2) is 11.2 Å². The van der Waals surface area contributed by atoms with Gasteiger partial charge in [0.2, 0.25) is 0 Å². The summed E-state index contributed by atoms with van der Waals surface area (Å²) in [5, 5.41) is 9.64. The maximum atomic E-state index is 9.64. The van der Waals surface area contributed by atoms with Gasteiger partial charge in [-0.2, -0.15) is 0 Å². The van der Waals surface area contributed by atoms with E-state index in [1.807, 2.05) is 0 Å². The van der Waals surface area contributed by atoms with Crippen LogP contribution in [0.2, 0.25) is 0 Å². The highest BCUT2D eigenvalue weighted by molar-refractivity contribution is 5.13. The van der Waals surface area contributed by atoms with Crippen LogP contribution >= 0.6 is 0 Å². The molecule has 0 heterocycles. The molecule has 1 nitrogen and oxygen atoms in total. The lowest BCUT2D eigenvalue weighted by Gasteiger charge is -2.26. The summed E-state index contributed by atoms with van der Waals surface area (Å²) in [6.07, 6.45) is 4.14. The third-order valence-electron chi connectivity index (χ3n) is 2.43. The molecule has 0 bridgehead atoms. The number of aliphatic hydroxyl groups is 1. The summed E-state index contributed by atoms with van der Waals surface area (Å²) in [5.41, 5.74) is 1.24. The molecule has 0 spiro atoms. The van der Waals surface area contributed by atoms with E-state index in [-0.39, 0.29) is 6.10 Å². The predicted molar refractivity (Wildman–Crippen MR) is 47.3 cm³/mol. The second-order valence-corrected chi connectivity index (χ2v) is 3.95. The SMILES string of the molecule is CC1CC=C(C(C)C)C(O)C1. The van der Waals surface area contributed by atoms with E-state index in [4.69, 9.17) is 0 Å². The Morgan fingerprint density at radius 3 is 2.64 bits per heavy atom. The molecular formula is C10H18O. The van der Waals surface area contributed by atoms with Gasteiger partial charge in [-0.25, -0.2) is 0 Å². The third-order valence-corrected chi connectivity index (χ3v) is 2.43. The molecule has 1 heteroatoms. The van der Waals surface area contributed by atoms with Crippen molar-refractivity contribution in [3.05, 3.63) is 11.6 Å². The number of hydrogen-bond acceptors (Lipinski definition) is 1. The second kappa shape index (κ2) is 3.40. The van der Waals surface area contributed by atoms with Gasteiger partial charge < -0.3 is 5.11 Å². The fraction of sp³-hybridized carbons (Fsp3) is 0.800. The zero-order valence-electron chi connectivity index (χ0n) is 7.67. The van der Waals surface area contributed by atoms with Crippen molar-refractivity contribution >= 4 is 0 Å². The van der Waals surface area contributed by atoms with E-state index in [1.54, 1.807) is 0 Å². The van der Waals surface area contributed by atoms with Crippen molar-refractivity contribution in [2.24, 2.45) is 11.8 Å². The summed E-state index contributed by atoms with van der Waals surface area (Å²) >= 11 is 0.